The number of carbonyl (C=O) groups is 2. The van der Waals surface area contributed by atoms with E-state index in [1.54, 1.807) is 4.90 Å². The van der Waals surface area contributed by atoms with Crippen molar-refractivity contribution in [2.45, 2.75) is 70.4 Å². The predicted molar refractivity (Wildman–Crippen MR) is 90.0 cm³/mol. The van der Waals surface area contributed by atoms with Crippen LogP contribution in [0.3, 0.4) is 0 Å². The quantitative estimate of drug-likeness (QED) is 0.865. The number of fused-ring (bicyclic) bond motifs is 1. The molecule has 2 aliphatic heterocycles. The third-order valence-electron chi connectivity index (χ3n) is 6.18. The van der Waals surface area contributed by atoms with Gasteiger partial charge in [0.05, 0.1) is 12.1 Å². The monoisotopic (exact) mass is 321 g/mol. The molecule has 0 unspecified atom stereocenters. The van der Waals surface area contributed by atoms with Gasteiger partial charge in [0.15, 0.2) is 0 Å². The highest BCUT2D eigenvalue weighted by Gasteiger charge is 2.42. The largest absolute Gasteiger partial charge is 0.340 e. The van der Waals surface area contributed by atoms with Gasteiger partial charge in [-0.25, -0.2) is 4.79 Å². The standard InChI is InChI=1S/C18H31N3O2/c1-3-4-5-13-6-8-14(9-7-13)17(22)21-11-10-16-15(12-21)19-18(23)20(16)2/h13-16H,3-12H2,1-2H3,(H,19,23)/t13?,14?,15-,16+/m1/s1. The van der Waals surface area contributed by atoms with E-state index in [-0.39, 0.29) is 24.0 Å². The molecule has 0 aromatic heterocycles. The number of carbonyl (C=O) groups excluding carboxylic acids is 2. The van der Waals surface area contributed by atoms with E-state index < -0.39 is 0 Å². The van der Waals surface area contributed by atoms with Crippen LogP contribution in [0.2, 0.25) is 0 Å². The normalized spacial score (nSPS) is 34.3. The average Bonchev–Trinajstić information content (AvgIpc) is 2.86. The minimum atomic E-state index is 0.00531. The molecule has 0 aromatic carbocycles. The number of rotatable bonds is 4. The van der Waals surface area contributed by atoms with Crippen molar-refractivity contribution >= 4 is 11.9 Å². The summed E-state index contributed by atoms with van der Waals surface area (Å²) in [7, 11) is 1.86. The molecule has 3 aliphatic rings. The second kappa shape index (κ2) is 7.10. The topological polar surface area (TPSA) is 52.7 Å². The van der Waals surface area contributed by atoms with Crippen molar-refractivity contribution in [1.29, 1.82) is 0 Å². The summed E-state index contributed by atoms with van der Waals surface area (Å²) in [6.45, 7) is 3.74. The molecule has 130 valence electrons. The van der Waals surface area contributed by atoms with Crippen LogP contribution in [0.4, 0.5) is 4.79 Å². The van der Waals surface area contributed by atoms with E-state index in [0.29, 0.717) is 12.5 Å². The lowest BCUT2D eigenvalue weighted by Crippen LogP contribution is -2.53. The Morgan fingerprint density at radius 3 is 2.65 bits per heavy atom. The number of likely N-dealkylation sites (N-methyl/N-ethyl adjacent to an activating group) is 1. The summed E-state index contributed by atoms with van der Waals surface area (Å²) < 4.78 is 0. The van der Waals surface area contributed by atoms with Gasteiger partial charge in [0.1, 0.15) is 0 Å². The third kappa shape index (κ3) is 3.48. The van der Waals surface area contributed by atoms with Crippen LogP contribution >= 0.6 is 0 Å². The van der Waals surface area contributed by atoms with Gasteiger partial charge in [-0.2, -0.15) is 0 Å². The van der Waals surface area contributed by atoms with E-state index in [2.05, 4.69) is 12.2 Å². The van der Waals surface area contributed by atoms with E-state index in [9.17, 15) is 9.59 Å². The van der Waals surface area contributed by atoms with Crippen molar-refractivity contribution < 1.29 is 9.59 Å². The van der Waals surface area contributed by atoms with Crippen LogP contribution in [-0.2, 0) is 4.79 Å². The molecule has 0 spiro atoms. The summed E-state index contributed by atoms with van der Waals surface area (Å²) in [4.78, 5) is 28.4. The second-order valence-corrected chi connectivity index (χ2v) is 7.67. The van der Waals surface area contributed by atoms with Crippen LogP contribution in [0.1, 0.15) is 58.3 Å². The maximum atomic E-state index is 12.8. The van der Waals surface area contributed by atoms with Crippen molar-refractivity contribution in [3.05, 3.63) is 0 Å². The molecule has 0 radical (unpaired) electrons. The molecule has 5 nitrogen and oxygen atoms in total. The van der Waals surface area contributed by atoms with E-state index >= 15 is 0 Å². The summed E-state index contributed by atoms with van der Waals surface area (Å²) in [5, 5.41) is 3.02. The Labute approximate surface area is 139 Å². The highest BCUT2D eigenvalue weighted by molar-refractivity contribution is 5.80. The maximum absolute atomic E-state index is 12.8. The summed E-state index contributed by atoms with van der Waals surface area (Å²) in [6.07, 6.45) is 9.39. The van der Waals surface area contributed by atoms with E-state index in [0.717, 1.165) is 31.7 Å². The van der Waals surface area contributed by atoms with Crippen molar-refractivity contribution in [3.63, 3.8) is 0 Å². The molecule has 0 aromatic rings. The second-order valence-electron chi connectivity index (χ2n) is 7.67. The van der Waals surface area contributed by atoms with Crippen LogP contribution in [0.25, 0.3) is 0 Å². The van der Waals surface area contributed by atoms with Crippen LogP contribution in [-0.4, -0.2) is 54.0 Å². The van der Waals surface area contributed by atoms with E-state index in [1.807, 2.05) is 11.9 Å². The fraction of sp³-hybridized carbons (Fsp3) is 0.889. The first-order valence-corrected chi connectivity index (χ1v) is 9.42. The number of amides is 3. The maximum Gasteiger partial charge on any atom is 0.317 e. The zero-order valence-electron chi connectivity index (χ0n) is 14.6. The number of urea groups is 1. The third-order valence-corrected chi connectivity index (χ3v) is 6.18. The smallest absolute Gasteiger partial charge is 0.317 e. The molecule has 2 heterocycles. The van der Waals surface area contributed by atoms with Gasteiger partial charge in [-0.15, -0.1) is 0 Å². The molecule has 3 amide bonds. The van der Waals surface area contributed by atoms with Crippen molar-refractivity contribution in [2.75, 3.05) is 20.1 Å². The lowest BCUT2D eigenvalue weighted by atomic mass is 9.79. The number of hydrogen-bond donors (Lipinski definition) is 1. The van der Waals surface area contributed by atoms with Crippen LogP contribution in [0.15, 0.2) is 0 Å². The van der Waals surface area contributed by atoms with Gasteiger partial charge in [0, 0.05) is 26.1 Å². The molecule has 2 atom stereocenters. The first kappa shape index (κ1) is 16.6. The molecule has 3 fully saturated rings. The van der Waals surface area contributed by atoms with Gasteiger partial charge in [-0.05, 0) is 38.0 Å². The SMILES string of the molecule is CCCCC1CCC(C(=O)N2CC[C@H]3[C@@H](C2)NC(=O)N3C)CC1. The first-order valence-electron chi connectivity index (χ1n) is 9.42. The van der Waals surface area contributed by atoms with Gasteiger partial charge >= 0.3 is 6.03 Å². The van der Waals surface area contributed by atoms with Gasteiger partial charge in [-0.3, -0.25) is 4.79 Å². The Hall–Kier alpha value is -1.26. The Bertz CT molecular complexity index is 446. The number of likely N-dealkylation sites (tertiary alicyclic amines) is 1. The lowest BCUT2D eigenvalue weighted by Gasteiger charge is -2.38. The van der Waals surface area contributed by atoms with E-state index in [4.69, 9.17) is 0 Å². The van der Waals surface area contributed by atoms with E-state index in [1.165, 1.54) is 32.1 Å². The Kier molecular flexibility index (Phi) is 5.12. The van der Waals surface area contributed by atoms with Crippen molar-refractivity contribution in [1.82, 2.24) is 15.1 Å². The van der Waals surface area contributed by atoms with Crippen LogP contribution < -0.4 is 5.32 Å². The first-order chi connectivity index (χ1) is 11.1. The molecule has 5 heteroatoms. The highest BCUT2D eigenvalue weighted by atomic mass is 16.2. The highest BCUT2D eigenvalue weighted by Crippen LogP contribution is 2.33. The lowest BCUT2D eigenvalue weighted by molar-refractivity contribution is -0.138. The minimum absolute atomic E-state index is 0.00531. The molecule has 1 N–H and O–H groups in total. The molecule has 1 aliphatic carbocycles. The average molecular weight is 321 g/mol. The number of unbranched alkanes of at least 4 members (excludes halogenated alkanes) is 1. The van der Waals surface area contributed by atoms with Crippen molar-refractivity contribution in [2.24, 2.45) is 11.8 Å². The molecular weight excluding hydrogens is 290 g/mol. The fourth-order valence-electron chi connectivity index (χ4n) is 4.61. The van der Waals surface area contributed by atoms with Gasteiger partial charge < -0.3 is 15.1 Å². The molecule has 23 heavy (non-hydrogen) atoms. The number of piperidine rings is 1. The molecule has 1 saturated carbocycles. The summed E-state index contributed by atoms with van der Waals surface area (Å²) in [6, 6.07) is 0.383. The predicted octanol–water partition coefficient (Wildman–Crippen LogP) is 2.61. The number of hydrogen-bond acceptors (Lipinski definition) is 2. The number of nitrogens with one attached hydrogen (secondary N) is 1. The Morgan fingerprint density at radius 2 is 1.96 bits per heavy atom. The fourth-order valence-corrected chi connectivity index (χ4v) is 4.61. The van der Waals surface area contributed by atoms with Gasteiger partial charge in [-0.1, -0.05) is 26.2 Å². The summed E-state index contributed by atoms with van der Waals surface area (Å²) in [5.41, 5.74) is 0. The minimum Gasteiger partial charge on any atom is -0.340 e. The molecule has 2 saturated heterocycles. The zero-order chi connectivity index (χ0) is 16.4. The van der Waals surface area contributed by atoms with Crippen LogP contribution in [0.5, 0.6) is 0 Å². The van der Waals surface area contributed by atoms with Crippen molar-refractivity contribution in [3.8, 4) is 0 Å². The Balaban J connectivity index is 1.49. The molecular formula is C18H31N3O2. The summed E-state index contributed by atoms with van der Waals surface area (Å²) in [5.74, 6) is 1.40. The van der Waals surface area contributed by atoms with Gasteiger partial charge in [0.2, 0.25) is 5.91 Å². The van der Waals surface area contributed by atoms with Crippen LogP contribution in [0, 0.1) is 11.8 Å². The Morgan fingerprint density at radius 1 is 1.22 bits per heavy atom. The number of nitrogens with zero attached hydrogens (tertiary/aromatic N) is 2. The summed E-state index contributed by atoms with van der Waals surface area (Å²) >= 11 is 0. The zero-order valence-corrected chi connectivity index (χ0v) is 14.6. The molecule has 0 bridgehead atoms. The molecule has 3 rings (SSSR count). The van der Waals surface area contributed by atoms with Gasteiger partial charge in [0.25, 0.3) is 0 Å².